The Labute approximate surface area is 81.6 Å². The molecule has 0 bridgehead atoms. The third-order valence-electron chi connectivity index (χ3n) is 1.39. The molecule has 14 heavy (non-hydrogen) atoms. The molecule has 0 aliphatic carbocycles. The summed E-state index contributed by atoms with van der Waals surface area (Å²) in [6.07, 6.45) is 0. The molecule has 0 rings (SSSR count). The van der Waals surface area contributed by atoms with Gasteiger partial charge in [-0.15, -0.1) is 0 Å². The Hall–Kier alpha value is -1.34. The fourth-order valence-electron chi connectivity index (χ4n) is 0.619. The summed E-state index contributed by atoms with van der Waals surface area (Å²) in [7, 11) is 1.51. The fraction of sp³-hybridized carbons (Fsp3) is 0.714. The number of carbonyl (C=O) groups is 2. The van der Waals surface area contributed by atoms with Crippen molar-refractivity contribution in [3.8, 4) is 0 Å². The summed E-state index contributed by atoms with van der Waals surface area (Å²) in [6, 6.07) is -1.54. The molecule has 7 nitrogen and oxygen atoms in total. The van der Waals surface area contributed by atoms with Gasteiger partial charge in [0.1, 0.15) is 6.04 Å². The van der Waals surface area contributed by atoms with Crippen molar-refractivity contribution in [3.05, 3.63) is 0 Å². The SMILES string of the molecule is COCCNC(=O)NC[C@H](N)C(=O)O. The summed E-state index contributed by atoms with van der Waals surface area (Å²) in [5, 5.41) is 13.2. The maximum atomic E-state index is 10.9. The average molecular weight is 205 g/mol. The van der Waals surface area contributed by atoms with Gasteiger partial charge in [0.2, 0.25) is 0 Å². The first-order valence-corrected chi connectivity index (χ1v) is 4.07. The van der Waals surface area contributed by atoms with E-state index in [0.717, 1.165) is 0 Å². The van der Waals surface area contributed by atoms with E-state index in [9.17, 15) is 9.59 Å². The Balaban J connectivity index is 3.48. The van der Waals surface area contributed by atoms with Gasteiger partial charge in [-0.2, -0.15) is 0 Å². The lowest BCUT2D eigenvalue weighted by molar-refractivity contribution is -0.138. The van der Waals surface area contributed by atoms with E-state index in [1.807, 2.05) is 0 Å². The summed E-state index contributed by atoms with van der Waals surface area (Å²) in [4.78, 5) is 21.2. The van der Waals surface area contributed by atoms with Crippen LogP contribution in [0.4, 0.5) is 4.79 Å². The largest absolute Gasteiger partial charge is 0.480 e. The first-order valence-electron chi connectivity index (χ1n) is 4.07. The van der Waals surface area contributed by atoms with Crippen molar-refractivity contribution < 1.29 is 19.4 Å². The number of carboxylic acid groups (broad SMARTS) is 1. The van der Waals surface area contributed by atoms with Gasteiger partial charge in [0, 0.05) is 20.2 Å². The third-order valence-corrected chi connectivity index (χ3v) is 1.39. The molecule has 0 aromatic carbocycles. The van der Waals surface area contributed by atoms with E-state index in [1.54, 1.807) is 0 Å². The molecule has 0 heterocycles. The number of amides is 2. The molecular weight excluding hydrogens is 190 g/mol. The van der Waals surface area contributed by atoms with Gasteiger partial charge < -0.3 is 26.2 Å². The summed E-state index contributed by atoms with van der Waals surface area (Å²) in [6.45, 7) is 0.664. The van der Waals surface area contributed by atoms with E-state index in [0.29, 0.717) is 13.2 Å². The van der Waals surface area contributed by atoms with E-state index in [2.05, 4.69) is 10.6 Å². The van der Waals surface area contributed by atoms with Crippen molar-refractivity contribution in [3.63, 3.8) is 0 Å². The Kier molecular flexibility index (Phi) is 6.42. The topological polar surface area (TPSA) is 114 Å². The molecule has 0 spiro atoms. The average Bonchev–Trinajstić information content (AvgIpc) is 2.14. The highest BCUT2D eigenvalue weighted by atomic mass is 16.5. The molecule has 2 amide bonds. The van der Waals surface area contributed by atoms with E-state index in [1.165, 1.54) is 7.11 Å². The maximum absolute atomic E-state index is 10.9. The highest BCUT2D eigenvalue weighted by Gasteiger charge is 2.11. The number of nitrogens with two attached hydrogens (primary N) is 1. The van der Waals surface area contributed by atoms with Gasteiger partial charge in [0.05, 0.1) is 6.61 Å². The number of nitrogens with one attached hydrogen (secondary N) is 2. The van der Waals surface area contributed by atoms with Crippen LogP contribution in [0.2, 0.25) is 0 Å². The van der Waals surface area contributed by atoms with Crippen LogP contribution in [0.5, 0.6) is 0 Å². The molecule has 7 heteroatoms. The number of ether oxygens (including phenoxy) is 1. The summed E-state index contributed by atoms with van der Waals surface area (Å²) >= 11 is 0. The standard InChI is InChI=1S/C7H15N3O4/c1-14-3-2-9-7(13)10-4-5(8)6(11)12/h5H,2-4,8H2,1H3,(H,11,12)(H2,9,10,13)/t5-/m0/s1. The lowest BCUT2D eigenvalue weighted by Crippen LogP contribution is -2.46. The lowest BCUT2D eigenvalue weighted by Gasteiger charge is -2.09. The Morgan fingerprint density at radius 2 is 2.14 bits per heavy atom. The maximum Gasteiger partial charge on any atom is 0.322 e. The summed E-state index contributed by atoms with van der Waals surface area (Å²) in [5.74, 6) is -1.15. The molecule has 0 aliphatic rings. The van der Waals surface area contributed by atoms with Crippen LogP contribution in [0.1, 0.15) is 0 Å². The van der Waals surface area contributed by atoms with Crippen LogP contribution in [0.25, 0.3) is 0 Å². The molecule has 0 aliphatic heterocycles. The van der Waals surface area contributed by atoms with Crippen LogP contribution in [0.3, 0.4) is 0 Å². The lowest BCUT2D eigenvalue weighted by atomic mass is 10.3. The number of methoxy groups -OCH3 is 1. The highest BCUT2D eigenvalue weighted by Crippen LogP contribution is 1.75. The minimum Gasteiger partial charge on any atom is -0.480 e. The first-order chi connectivity index (χ1) is 6.57. The summed E-state index contributed by atoms with van der Waals surface area (Å²) < 4.78 is 4.69. The van der Waals surface area contributed by atoms with E-state index >= 15 is 0 Å². The van der Waals surface area contributed by atoms with Gasteiger partial charge in [-0.25, -0.2) is 4.79 Å². The van der Waals surface area contributed by atoms with Crippen LogP contribution in [-0.4, -0.2) is 50.0 Å². The third kappa shape index (κ3) is 6.21. The zero-order chi connectivity index (χ0) is 11.0. The number of carbonyl (C=O) groups excluding carboxylic acids is 1. The second-order valence-corrected chi connectivity index (χ2v) is 2.57. The molecule has 0 saturated carbocycles. The van der Waals surface area contributed by atoms with Crippen molar-refractivity contribution in [2.45, 2.75) is 6.04 Å². The Morgan fingerprint density at radius 1 is 1.50 bits per heavy atom. The zero-order valence-electron chi connectivity index (χ0n) is 7.95. The minimum atomic E-state index is -1.15. The second kappa shape index (κ2) is 7.10. The van der Waals surface area contributed by atoms with Gasteiger partial charge in [-0.05, 0) is 0 Å². The minimum absolute atomic E-state index is 0.103. The van der Waals surface area contributed by atoms with Gasteiger partial charge in [0.15, 0.2) is 0 Å². The molecule has 0 unspecified atom stereocenters. The van der Waals surface area contributed by atoms with Crippen LogP contribution in [0, 0.1) is 0 Å². The quantitative estimate of drug-likeness (QED) is 0.388. The predicted molar refractivity (Wildman–Crippen MR) is 48.9 cm³/mol. The van der Waals surface area contributed by atoms with Crippen LogP contribution < -0.4 is 16.4 Å². The van der Waals surface area contributed by atoms with Gasteiger partial charge in [-0.1, -0.05) is 0 Å². The number of aliphatic carboxylic acids is 1. The predicted octanol–water partition coefficient (Wildman–Crippen LogP) is -1.66. The molecular formula is C7H15N3O4. The van der Waals surface area contributed by atoms with Crippen LogP contribution >= 0.6 is 0 Å². The fourth-order valence-corrected chi connectivity index (χ4v) is 0.619. The number of rotatable bonds is 6. The van der Waals surface area contributed by atoms with Crippen molar-refractivity contribution in [1.29, 1.82) is 0 Å². The Morgan fingerprint density at radius 3 is 2.64 bits per heavy atom. The molecule has 0 aromatic heterocycles. The molecule has 0 aromatic rings. The van der Waals surface area contributed by atoms with Crippen LogP contribution in [-0.2, 0) is 9.53 Å². The highest BCUT2D eigenvalue weighted by molar-refractivity contribution is 5.77. The first kappa shape index (κ1) is 12.7. The zero-order valence-corrected chi connectivity index (χ0v) is 7.95. The van der Waals surface area contributed by atoms with E-state index in [4.69, 9.17) is 15.6 Å². The van der Waals surface area contributed by atoms with Gasteiger partial charge in [0.25, 0.3) is 0 Å². The molecule has 1 atom stereocenters. The normalized spacial score (nSPS) is 11.9. The molecule has 5 N–H and O–H groups in total. The second-order valence-electron chi connectivity index (χ2n) is 2.57. The number of urea groups is 1. The molecule has 0 saturated heterocycles. The van der Waals surface area contributed by atoms with Crippen molar-refractivity contribution in [1.82, 2.24) is 10.6 Å². The monoisotopic (exact) mass is 205 g/mol. The van der Waals surface area contributed by atoms with Gasteiger partial charge >= 0.3 is 12.0 Å². The molecule has 0 fully saturated rings. The number of carboxylic acids is 1. The van der Waals surface area contributed by atoms with Crippen molar-refractivity contribution in [2.75, 3.05) is 26.8 Å². The van der Waals surface area contributed by atoms with E-state index < -0.39 is 18.0 Å². The van der Waals surface area contributed by atoms with E-state index in [-0.39, 0.29) is 6.54 Å². The van der Waals surface area contributed by atoms with Crippen LogP contribution in [0.15, 0.2) is 0 Å². The Bertz CT molecular complexity index is 197. The smallest absolute Gasteiger partial charge is 0.322 e. The summed E-state index contributed by atoms with van der Waals surface area (Å²) in [5.41, 5.74) is 5.15. The molecule has 0 radical (unpaired) electrons. The van der Waals surface area contributed by atoms with Crippen molar-refractivity contribution >= 4 is 12.0 Å². The number of hydrogen-bond donors (Lipinski definition) is 4. The molecule has 82 valence electrons. The van der Waals surface area contributed by atoms with Gasteiger partial charge in [-0.3, -0.25) is 4.79 Å². The number of hydrogen-bond acceptors (Lipinski definition) is 4. The van der Waals surface area contributed by atoms with Crippen molar-refractivity contribution in [2.24, 2.45) is 5.73 Å².